The Labute approximate surface area is 153 Å². The van der Waals surface area contributed by atoms with Crippen molar-refractivity contribution < 1.29 is 13.5 Å². The molecule has 0 unspecified atom stereocenters. The number of allylic oxidation sites excluding steroid dienone is 1. The number of rotatable bonds is 5. The van der Waals surface area contributed by atoms with Crippen LogP contribution in [-0.4, -0.2) is 16.7 Å². The van der Waals surface area contributed by atoms with Gasteiger partial charge in [-0.15, -0.1) is 6.58 Å². The molecular weight excluding hydrogens is 334 g/mol. The average Bonchev–Trinajstić information content (AvgIpc) is 2.96. The van der Waals surface area contributed by atoms with E-state index >= 15 is 0 Å². The zero-order chi connectivity index (χ0) is 18.9. The minimum absolute atomic E-state index is 0.111. The van der Waals surface area contributed by atoms with Gasteiger partial charge in [0.25, 0.3) is 0 Å². The van der Waals surface area contributed by atoms with Crippen LogP contribution in [0.1, 0.15) is 62.0 Å². The summed E-state index contributed by atoms with van der Waals surface area (Å²) in [6, 6.07) is 4.43. The maximum atomic E-state index is 14.4. The Bertz CT molecular complexity index is 797. The van der Waals surface area contributed by atoms with Crippen molar-refractivity contribution in [2.75, 3.05) is 7.11 Å². The molecule has 0 saturated carbocycles. The molecule has 2 atom stereocenters. The van der Waals surface area contributed by atoms with Gasteiger partial charge in [0.15, 0.2) is 11.6 Å². The van der Waals surface area contributed by atoms with Gasteiger partial charge in [0, 0.05) is 25.5 Å². The fourth-order valence-corrected chi connectivity index (χ4v) is 3.85. The molecule has 0 spiro atoms. The first-order chi connectivity index (χ1) is 12.4. The summed E-state index contributed by atoms with van der Waals surface area (Å²) >= 11 is 0. The van der Waals surface area contributed by atoms with E-state index in [1.54, 1.807) is 19.2 Å². The molecule has 2 aromatic rings. The Morgan fingerprint density at radius 2 is 2.12 bits per heavy atom. The van der Waals surface area contributed by atoms with Crippen molar-refractivity contribution in [3.63, 3.8) is 0 Å². The van der Waals surface area contributed by atoms with Crippen LogP contribution in [0, 0.1) is 11.6 Å². The van der Waals surface area contributed by atoms with Crippen LogP contribution in [0.15, 0.2) is 37.1 Å². The topological polar surface area (TPSA) is 27.1 Å². The highest BCUT2D eigenvalue weighted by atomic mass is 19.2. The quantitative estimate of drug-likeness (QED) is 0.678. The monoisotopic (exact) mass is 360 g/mol. The van der Waals surface area contributed by atoms with Gasteiger partial charge in [0.1, 0.15) is 11.4 Å². The van der Waals surface area contributed by atoms with Crippen molar-refractivity contribution in [2.45, 2.75) is 57.1 Å². The second-order valence-corrected chi connectivity index (χ2v) is 7.47. The molecule has 140 valence electrons. The van der Waals surface area contributed by atoms with E-state index in [-0.39, 0.29) is 11.8 Å². The normalized spacial score (nSPS) is 20.5. The molecule has 26 heavy (non-hydrogen) atoms. The standard InChI is InChI=1S/C21H26F2N2O/c1-5-7-14-10-11-15(16-8-6-9-17(22)19(16)23)13-25-18(12-24-20(14)25)21(2,3)26-4/h5-6,8-9,12,14-15H,1,7,10-11,13H2,2-4H3/t14-,15-/m0/s1. The Hall–Kier alpha value is -2.01. The molecule has 0 saturated heterocycles. The highest BCUT2D eigenvalue weighted by Crippen LogP contribution is 2.39. The predicted octanol–water partition coefficient (Wildman–Crippen LogP) is 5.28. The summed E-state index contributed by atoms with van der Waals surface area (Å²) in [7, 11) is 1.67. The third-order valence-corrected chi connectivity index (χ3v) is 5.52. The van der Waals surface area contributed by atoms with Crippen molar-refractivity contribution in [2.24, 2.45) is 0 Å². The molecule has 1 aliphatic heterocycles. The number of methoxy groups -OCH3 is 1. The second-order valence-electron chi connectivity index (χ2n) is 7.47. The smallest absolute Gasteiger partial charge is 0.162 e. The van der Waals surface area contributed by atoms with Gasteiger partial charge in [0.05, 0.1) is 11.9 Å². The van der Waals surface area contributed by atoms with E-state index in [1.165, 1.54) is 0 Å². The van der Waals surface area contributed by atoms with Gasteiger partial charge in [-0.3, -0.25) is 0 Å². The van der Waals surface area contributed by atoms with E-state index < -0.39 is 17.2 Å². The number of imidazole rings is 1. The lowest BCUT2D eigenvalue weighted by atomic mass is 9.90. The van der Waals surface area contributed by atoms with Crippen LogP contribution in [-0.2, 0) is 16.9 Å². The highest BCUT2D eigenvalue weighted by molar-refractivity contribution is 5.26. The molecular formula is C21H26F2N2O. The van der Waals surface area contributed by atoms with E-state index in [2.05, 4.69) is 16.1 Å². The maximum absolute atomic E-state index is 14.4. The van der Waals surface area contributed by atoms with Crippen molar-refractivity contribution in [3.8, 4) is 0 Å². The van der Waals surface area contributed by atoms with Crippen molar-refractivity contribution in [1.82, 2.24) is 9.55 Å². The Morgan fingerprint density at radius 3 is 2.81 bits per heavy atom. The molecule has 0 bridgehead atoms. The zero-order valence-corrected chi connectivity index (χ0v) is 15.6. The van der Waals surface area contributed by atoms with Crippen molar-refractivity contribution >= 4 is 0 Å². The first kappa shape index (κ1) is 18.8. The number of hydrogen-bond donors (Lipinski definition) is 0. The minimum atomic E-state index is -0.794. The minimum Gasteiger partial charge on any atom is -0.373 e. The number of fused-ring (bicyclic) bond motifs is 1. The van der Waals surface area contributed by atoms with E-state index in [4.69, 9.17) is 4.74 Å². The maximum Gasteiger partial charge on any atom is 0.162 e. The largest absolute Gasteiger partial charge is 0.373 e. The lowest BCUT2D eigenvalue weighted by Crippen LogP contribution is -2.25. The number of aromatic nitrogens is 2. The summed E-state index contributed by atoms with van der Waals surface area (Å²) in [4.78, 5) is 4.67. The SMILES string of the molecule is C=CC[C@H]1CC[C@H](c2cccc(F)c2F)Cn2c(C(C)(C)OC)cnc21. The molecule has 2 heterocycles. The van der Waals surface area contributed by atoms with E-state index in [1.807, 2.05) is 26.1 Å². The highest BCUT2D eigenvalue weighted by Gasteiger charge is 2.33. The molecule has 0 fully saturated rings. The summed E-state index contributed by atoms with van der Waals surface area (Å²) in [5, 5.41) is 0. The molecule has 1 aromatic carbocycles. The molecule has 1 aliphatic rings. The first-order valence-corrected chi connectivity index (χ1v) is 9.05. The van der Waals surface area contributed by atoms with Gasteiger partial charge in [-0.05, 0) is 44.7 Å². The van der Waals surface area contributed by atoms with E-state index in [9.17, 15) is 8.78 Å². The number of halogens is 2. The lowest BCUT2D eigenvalue weighted by molar-refractivity contribution is 0.0120. The average molecular weight is 360 g/mol. The van der Waals surface area contributed by atoms with Crippen LogP contribution in [0.25, 0.3) is 0 Å². The van der Waals surface area contributed by atoms with Gasteiger partial charge in [-0.1, -0.05) is 18.2 Å². The summed E-state index contributed by atoms with van der Waals surface area (Å²) in [5.41, 5.74) is 0.872. The van der Waals surface area contributed by atoms with E-state index in [0.29, 0.717) is 12.1 Å². The molecule has 3 rings (SSSR count). The third kappa shape index (κ3) is 3.32. The van der Waals surface area contributed by atoms with Gasteiger partial charge in [-0.25, -0.2) is 13.8 Å². The number of benzene rings is 1. The predicted molar refractivity (Wildman–Crippen MR) is 98.2 cm³/mol. The van der Waals surface area contributed by atoms with Crippen LogP contribution in [0.4, 0.5) is 8.78 Å². The van der Waals surface area contributed by atoms with Gasteiger partial charge in [0.2, 0.25) is 0 Å². The van der Waals surface area contributed by atoms with Gasteiger partial charge in [-0.2, -0.15) is 0 Å². The summed E-state index contributed by atoms with van der Waals surface area (Å²) in [5.74, 6) is -0.452. The molecule has 0 N–H and O–H groups in total. The van der Waals surface area contributed by atoms with Crippen molar-refractivity contribution in [3.05, 3.63) is 65.8 Å². The number of nitrogens with zero attached hydrogens (tertiary/aromatic N) is 2. The van der Waals surface area contributed by atoms with Crippen LogP contribution < -0.4 is 0 Å². The van der Waals surface area contributed by atoms with Crippen LogP contribution in [0.3, 0.4) is 0 Å². The molecule has 5 heteroatoms. The fourth-order valence-electron chi connectivity index (χ4n) is 3.85. The molecule has 0 aliphatic carbocycles. The lowest BCUT2D eigenvalue weighted by Gasteiger charge is -2.26. The third-order valence-electron chi connectivity index (χ3n) is 5.52. The van der Waals surface area contributed by atoms with Gasteiger partial charge >= 0.3 is 0 Å². The Morgan fingerprint density at radius 1 is 1.35 bits per heavy atom. The molecule has 0 radical (unpaired) electrons. The van der Waals surface area contributed by atoms with Crippen LogP contribution in [0.2, 0.25) is 0 Å². The summed E-state index contributed by atoms with van der Waals surface area (Å²) in [6.45, 7) is 8.40. The fraction of sp³-hybridized carbons (Fsp3) is 0.476. The van der Waals surface area contributed by atoms with Crippen molar-refractivity contribution in [1.29, 1.82) is 0 Å². The van der Waals surface area contributed by atoms with Crippen LogP contribution >= 0.6 is 0 Å². The number of hydrogen-bond acceptors (Lipinski definition) is 2. The zero-order valence-electron chi connectivity index (χ0n) is 15.6. The first-order valence-electron chi connectivity index (χ1n) is 9.05. The van der Waals surface area contributed by atoms with E-state index in [0.717, 1.165) is 36.8 Å². The molecule has 1 aromatic heterocycles. The Kier molecular flexibility index (Phi) is 5.28. The van der Waals surface area contributed by atoms with Crippen LogP contribution in [0.5, 0.6) is 0 Å². The molecule has 3 nitrogen and oxygen atoms in total. The van der Waals surface area contributed by atoms with Gasteiger partial charge < -0.3 is 9.30 Å². The summed E-state index contributed by atoms with van der Waals surface area (Å²) in [6.07, 6.45) is 6.18. The number of ether oxygens (including phenoxy) is 1. The summed E-state index contributed by atoms with van der Waals surface area (Å²) < 4.78 is 36.0. The molecule has 0 amide bonds. The second kappa shape index (κ2) is 7.31. The Balaban J connectivity index is 2.07.